The summed E-state index contributed by atoms with van der Waals surface area (Å²) in [5.41, 5.74) is 0. The van der Waals surface area contributed by atoms with Crippen molar-refractivity contribution in [1.82, 2.24) is 15.3 Å². The summed E-state index contributed by atoms with van der Waals surface area (Å²) in [5, 5.41) is 5.43. The number of hydrogen-bond acceptors (Lipinski definition) is 5. The summed E-state index contributed by atoms with van der Waals surface area (Å²) in [6.45, 7) is 3.33. The van der Waals surface area contributed by atoms with Gasteiger partial charge in [0.05, 0.1) is 0 Å². The lowest BCUT2D eigenvalue weighted by molar-refractivity contribution is -0.144. The second kappa shape index (κ2) is 6.15. The van der Waals surface area contributed by atoms with Crippen molar-refractivity contribution in [3.05, 3.63) is 11.9 Å². The van der Waals surface area contributed by atoms with E-state index in [9.17, 15) is 18.0 Å². The first-order chi connectivity index (χ1) is 9.90. The second-order valence-corrected chi connectivity index (χ2v) is 4.55. The van der Waals surface area contributed by atoms with Crippen molar-refractivity contribution in [1.29, 1.82) is 0 Å². The third-order valence-corrected chi connectivity index (χ3v) is 2.96. The van der Waals surface area contributed by atoms with E-state index in [-0.39, 0.29) is 24.0 Å². The average molecular weight is 303 g/mol. The van der Waals surface area contributed by atoms with Gasteiger partial charge in [-0.05, 0) is 6.92 Å². The van der Waals surface area contributed by atoms with Crippen molar-refractivity contribution in [2.24, 2.45) is 0 Å². The minimum atomic E-state index is -4.61. The van der Waals surface area contributed by atoms with Gasteiger partial charge in [0.2, 0.25) is 11.7 Å². The normalized spacial score (nSPS) is 16.4. The van der Waals surface area contributed by atoms with Crippen molar-refractivity contribution in [2.45, 2.75) is 19.5 Å². The van der Waals surface area contributed by atoms with Crippen LogP contribution >= 0.6 is 0 Å². The number of amides is 1. The minimum Gasteiger partial charge on any atom is -0.370 e. The van der Waals surface area contributed by atoms with Gasteiger partial charge in [-0.2, -0.15) is 13.2 Å². The fourth-order valence-electron chi connectivity index (χ4n) is 1.99. The van der Waals surface area contributed by atoms with Gasteiger partial charge in [-0.3, -0.25) is 4.79 Å². The number of aromatic nitrogens is 2. The van der Waals surface area contributed by atoms with E-state index in [0.29, 0.717) is 26.2 Å². The Morgan fingerprint density at radius 3 is 2.81 bits per heavy atom. The van der Waals surface area contributed by atoms with Crippen LogP contribution in [0.25, 0.3) is 0 Å². The molecule has 0 radical (unpaired) electrons. The van der Waals surface area contributed by atoms with Gasteiger partial charge in [-0.15, -0.1) is 0 Å². The van der Waals surface area contributed by atoms with Crippen LogP contribution in [0.2, 0.25) is 0 Å². The summed E-state index contributed by atoms with van der Waals surface area (Å²) in [5.74, 6) is -1.00. The Morgan fingerprint density at radius 2 is 2.14 bits per heavy atom. The molecule has 6 nitrogen and oxygen atoms in total. The topological polar surface area (TPSA) is 70.2 Å². The van der Waals surface area contributed by atoms with Crippen LogP contribution in [0.1, 0.15) is 19.2 Å². The largest absolute Gasteiger partial charge is 0.451 e. The molecule has 1 saturated heterocycles. The molecule has 0 atom stereocenters. The van der Waals surface area contributed by atoms with Crippen LogP contribution in [0.5, 0.6) is 0 Å². The van der Waals surface area contributed by atoms with Crippen LogP contribution in [0, 0.1) is 0 Å². The molecule has 21 heavy (non-hydrogen) atoms. The van der Waals surface area contributed by atoms with Crippen LogP contribution in [-0.4, -0.2) is 42.1 Å². The molecule has 0 unspecified atom stereocenters. The Labute approximate surface area is 119 Å². The Bertz CT molecular complexity index is 520. The Morgan fingerprint density at radius 1 is 1.38 bits per heavy atom. The quantitative estimate of drug-likeness (QED) is 0.879. The summed E-state index contributed by atoms with van der Waals surface area (Å²) in [4.78, 5) is 20.0. The summed E-state index contributed by atoms with van der Waals surface area (Å²) in [6.07, 6.45) is -4.39. The van der Waals surface area contributed by atoms with E-state index in [4.69, 9.17) is 0 Å². The SMILES string of the molecule is CCNc1cc(N2CCNC(=O)CC2)nc(C(F)(F)F)n1. The Kier molecular flexibility index (Phi) is 4.49. The number of carbonyl (C=O) groups is 1. The fourth-order valence-corrected chi connectivity index (χ4v) is 1.99. The molecule has 9 heteroatoms. The highest BCUT2D eigenvalue weighted by atomic mass is 19.4. The van der Waals surface area contributed by atoms with Crippen molar-refractivity contribution in [3.8, 4) is 0 Å². The number of alkyl halides is 3. The molecule has 0 saturated carbocycles. The molecule has 2 heterocycles. The minimum absolute atomic E-state index is 0.116. The summed E-state index contributed by atoms with van der Waals surface area (Å²) < 4.78 is 38.6. The van der Waals surface area contributed by atoms with Gasteiger partial charge < -0.3 is 15.5 Å². The summed E-state index contributed by atoms with van der Waals surface area (Å²) >= 11 is 0. The smallest absolute Gasteiger partial charge is 0.370 e. The lowest BCUT2D eigenvalue weighted by Gasteiger charge is -2.22. The van der Waals surface area contributed by atoms with E-state index in [1.165, 1.54) is 6.07 Å². The van der Waals surface area contributed by atoms with Crippen LogP contribution in [0.15, 0.2) is 6.07 Å². The van der Waals surface area contributed by atoms with E-state index in [0.717, 1.165) is 0 Å². The molecule has 0 spiro atoms. The van der Waals surface area contributed by atoms with Crippen LogP contribution in [-0.2, 0) is 11.0 Å². The van der Waals surface area contributed by atoms with Crippen LogP contribution in [0.4, 0.5) is 24.8 Å². The first kappa shape index (κ1) is 15.3. The Hall–Kier alpha value is -2.06. The zero-order valence-corrected chi connectivity index (χ0v) is 11.5. The molecule has 0 bridgehead atoms. The van der Waals surface area contributed by atoms with E-state index in [1.807, 2.05) is 0 Å². The zero-order chi connectivity index (χ0) is 15.5. The summed E-state index contributed by atoms with van der Waals surface area (Å²) in [7, 11) is 0. The molecule has 1 aromatic rings. The maximum atomic E-state index is 12.9. The number of anilines is 2. The molecular formula is C12H16F3N5O. The summed E-state index contributed by atoms with van der Waals surface area (Å²) in [6, 6.07) is 1.47. The number of halogens is 3. The molecule has 1 aliphatic heterocycles. The maximum absolute atomic E-state index is 12.9. The van der Waals surface area contributed by atoms with E-state index < -0.39 is 12.0 Å². The number of rotatable bonds is 3. The standard InChI is InChI=1S/C12H16F3N5O/c1-2-16-8-7-9(19-11(18-8)12(13,14)15)20-5-3-10(21)17-4-6-20/h7H,2-6H2,1H3,(H,17,21)(H,16,18,19). The van der Waals surface area contributed by atoms with E-state index >= 15 is 0 Å². The molecule has 1 aliphatic rings. The van der Waals surface area contributed by atoms with E-state index in [1.54, 1.807) is 11.8 Å². The van der Waals surface area contributed by atoms with Crippen molar-refractivity contribution in [2.75, 3.05) is 36.4 Å². The molecular weight excluding hydrogens is 287 g/mol. The van der Waals surface area contributed by atoms with E-state index in [2.05, 4.69) is 20.6 Å². The monoisotopic (exact) mass is 303 g/mol. The van der Waals surface area contributed by atoms with Gasteiger partial charge in [-0.25, -0.2) is 9.97 Å². The highest BCUT2D eigenvalue weighted by molar-refractivity contribution is 5.77. The zero-order valence-electron chi connectivity index (χ0n) is 11.5. The second-order valence-electron chi connectivity index (χ2n) is 4.55. The Balaban J connectivity index is 2.32. The predicted octanol–water partition coefficient (Wildman–Crippen LogP) is 1.25. The predicted molar refractivity (Wildman–Crippen MR) is 71.0 cm³/mol. The molecule has 2 rings (SSSR count). The highest BCUT2D eigenvalue weighted by Gasteiger charge is 2.36. The van der Waals surface area contributed by atoms with Gasteiger partial charge >= 0.3 is 6.18 Å². The molecule has 116 valence electrons. The molecule has 0 aliphatic carbocycles. The van der Waals surface area contributed by atoms with Crippen molar-refractivity contribution in [3.63, 3.8) is 0 Å². The van der Waals surface area contributed by atoms with Gasteiger partial charge in [0.1, 0.15) is 11.6 Å². The molecule has 1 amide bonds. The number of nitrogens with zero attached hydrogens (tertiary/aromatic N) is 3. The number of carbonyl (C=O) groups excluding carboxylic acids is 1. The van der Waals surface area contributed by atoms with Gasteiger partial charge in [0, 0.05) is 38.7 Å². The third kappa shape index (κ3) is 3.96. The molecule has 1 aromatic heterocycles. The molecule has 2 N–H and O–H groups in total. The molecule has 0 aromatic carbocycles. The van der Waals surface area contributed by atoms with Gasteiger partial charge in [0.15, 0.2) is 0 Å². The lowest BCUT2D eigenvalue weighted by atomic mass is 10.3. The number of nitrogens with one attached hydrogen (secondary N) is 2. The lowest BCUT2D eigenvalue weighted by Crippen LogP contribution is -2.30. The van der Waals surface area contributed by atoms with Crippen LogP contribution in [0.3, 0.4) is 0 Å². The maximum Gasteiger partial charge on any atom is 0.451 e. The van der Waals surface area contributed by atoms with Gasteiger partial charge in [-0.1, -0.05) is 0 Å². The fraction of sp³-hybridized carbons (Fsp3) is 0.583. The van der Waals surface area contributed by atoms with Gasteiger partial charge in [0.25, 0.3) is 0 Å². The highest BCUT2D eigenvalue weighted by Crippen LogP contribution is 2.29. The third-order valence-electron chi connectivity index (χ3n) is 2.96. The van der Waals surface area contributed by atoms with Crippen LogP contribution < -0.4 is 15.5 Å². The first-order valence-corrected chi connectivity index (χ1v) is 6.62. The van der Waals surface area contributed by atoms with Crippen molar-refractivity contribution < 1.29 is 18.0 Å². The van der Waals surface area contributed by atoms with Crippen molar-refractivity contribution >= 4 is 17.5 Å². The number of hydrogen-bond donors (Lipinski definition) is 2. The first-order valence-electron chi connectivity index (χ1n) is 6.62. The molecule has 1 fully saturated rings. The average Bonchev–Trinajstić information content (AvgIpc) is 2.63.